The molecule has 2 rings (SSSR count). The van der Waals surface area contributed by atoms with Crippen LogP contribution in [0.25, 0.3) is 0 Å². The Balaban J connectivity index is 2.01. The number of ether oxygens (including phenoxy) is 1. The predicted octanol–water partition coefficient (Wildman–Crippen LogP) is 2.06. The third-order valence-electron chi connectivity index (χ3n) is 2.64. The molecule has 1 aliphatic rings. The van der Waals surface area contributed by atoms with Crippen molar-refractivity contribution in [1.29, 1.82) is 0 Å². The van der Waals surface area contributed by atoms with Crippen LogP contribution >= 0.6 is 11.3 Å². The van der Waals surface area contributed by atoms with Crippen molar-refractivity contribution in [2.45, 2.75) is 25.3 Å². The molecule has 0 aromatic carbocycles. The molecule has 3 N–H and O–H groups in total. The maximum Gasteiger partial charge on any atom is 0.129 e. The zero-order valence-electron chi connectivity index (χ0n) is 8.32. The van der Waals surface area contributed by atoms with E-state index in [2.05, 4.69) is 11.5 Å². The van der Waals surface area contributed by atoms with Gasteiger partial charge in [-0.3, -0.25) is 11.3 Å². The largest absolute Gasteiger partial charge is 0.496 e. The molecule has 3 nitrogen and oxygen atoms in total. The number of hydrazine groups is 1. The lowest BCUT2D eigenvalue weighted by Gasteiger charge is -2.12. The zero-order valence-corrected chi connectivity index (χ0v) is 9.14. The van der Waals surface area contributed by atoms with Crippen LogP contribution in [0, 0.1) is 5.92 Å². The van der Waals surface area contributed by atoms with Crippen molar-refractivity contribution in [3.8, 4) is 5.75 Å². The number of nitrogens with one attached hydrogen (secondary N) is 1. The topological polar surface area (TPSA) is 47.3 Å². The van der Waals surface area contributed by atoms with Gasteiger partial charge in [-0.25, -0.2) is 0 Å². The molecule has 0 radical (unpaired) electrons. The summed E-state index contributed by atoms with van der Waals surface area (Å²) in [7, 11) is 1.69. The molecule has 1 aromatic heterocycles. The molecule has 78 valence electrons. The maximum absolute atomic E-state index is 5.55. The summed E-state index contributed by atoms with van der Waals surface area (Å²) in [5, 5.41) is 2.02. The van der Waals surface area contributed by atoms with E-state index in [1.54, 1.807) is 18.4 Å². The van der Waals surface area contributed by atoms with Crippen molar-refractivity contribution < 1.29 is 4.74 Å². The summed E-state index contributed by atoms with van der Waals surface area (Å²) in [4.78, 5) is 1.27. The summed E-state index contributed by atoms with van der Waals surface area (Å²) in [5.41, 5.74) is 2.88. The van der Waals surface area contributed by atoms with Crippen LogP contribution in [0.4, 0.5) is 0 Å². The van der Waals surface area contributed by atoms with E-state index in [9.17, 15) is 0 Å². The second-order valence-electron chi connectivity index (χ2n) is 3.79. The molecule has 1 unspecified atom stereocenters. The van der Waals surface area contributed by atoms with Crippen LogP contribution in [0.3, 0.4) is 0 Å². The second-order valence-corrected chi connectivity index (χ2v) is 4.73. The average Bonchev–Trinajstić information content (AvgIpc) is 2.90. The fourth-order valence-electron chi connectivity index (χ4n) is 1.58. The van der Waals surface area contributed by atoms with Crippen molar-refractivity contribution in [1.82, 2.24) is 5.43 Å². The molecule has 1 heterocycles. The number of hydrogen-bond acceptors (Lipinski definition) is 4. The van der Waals surface area contributed by atoms with Gasteiger partial charge in [0.2, 0.25) is 0 Å². The first-order chi connectivity index (χ1) is 6.83. The summed E-state index contributed by atoms with van der Waals surface area (Å²) in [6.07, 6.45) is 3.88. The van der Waals surface area contributed by atoms with E-state index in [0.29, 0.717) is 6.04 Å². The van der Waals surface area contributed by atoms with E-state index in [1.807, 2.05) is 5.38 Å². The number of methoxy groups -OCH3 is 1. The minimum Gasteiger partial charge on any atom is -0.496 e. The minimum atomic E-state index is 0.302. The molecule has 1 atom stereocenters. The Morgan fingerprint density at radius 1 is 1.71 bits per heavy atom. The molecule has 0 amide bonds. The number of nitrogens with two attached hydrogens (primary N) is 1. The highest BCUT2D eigenvalue weighted by Crippen LogP contribution is 2.39. The lowest BCUT2D eigenvalue weighted by Crippen LogP contribution is -2.27. The van der Waals surface area contributed by atoms with Crippen LogP contribution in [0.1, 0.15) is 30.2 Å². The van der Waals surface area contributed by atoms with Gasteiger partial charge in [-0.05, 0) is 18.4 Å². The third-order valence-corrected chi connectivity index (χ3v) is 3.67. The van der Waals surface area contributed by atoms with E-state index >= 15 is 0 Å². The first-order valence-corrected chi connectivity index (χ1v) is 5.80. The number of hydrogen-bond donors (Lipinski definition) is 2. The Kier molecular flexibility index (Phi) is 3.05. The Hall–Kier alpha value is -0.580. The van der Waals surface area contributed by atoms with Gasteiger partial charge in [-0.2, -0.15) is 0 Å². The van der Waals surface area contributed by atoms with E-state index in [1.165, 1.54) is 17.7 Å². The fourth-order valence-corrected chi connectivity index (χ4v) is 2.51. The average molecular weight is 212 g/mol. The van der Waals surface area contributed by atoms with E-state index < -0.39 is 0 Å². The Morgan fingerprint density at radius 2 is 2.50 bits per heavy atom. The molecule has 1 aromatic rings. The monoisotopic (exact) mass is 212 g/mol. The van der Waals surface area contributed by atoms with Crippen molar-refractivity contribution in [2.75, 3.05) is 7.11 Å². The molecule has 1 aliphatic carbocycles. The van der Waals surface area contributed by atoms with Crippen LogP contribution < -0.4 is 16.0 Å². The van der Waals surface area contributed by atoms with Gasteiger partial charge >= 0.3 is 0 Å². The summed E-state index contributed by atoms with van der Waals surface area (Å²) in [6.45, 7) is 0. The quantitative estimate of drug-likeness (QED) is 0.580. The molecule has 0 saturated heterocycles. The van der Waals surface area contributed by atoms with Crippen molar-refractivity contribution in [3.63, 3.8) is 0 Å². The number of rotatable bonds is 5. The zero-order chi connectivity index (χ0) is 9.97. The highest BCUT2D eigenvalue weighted by molar-refractivity contribution is 7.10. The van der Waals surface area contributed by atoms with Crippen LogP contribution in [0.15, 0.2) is 11.4 Å². The van der Waals surface area contributed by atoms with Gasteiger partial charge in [-0.1, -0.05) is 12.8 Å². The van der Waals surface area contributed by atoms with Gasteiger partial charge in [0.05, 0.1) is 13.2 Å². The molecular weight excluding hydrogens is 196 g/mol. The van der Waals surface area contributed by atoms with Crippen LogP contribution in [0.2, 0.25) is 0 Å². The second kappa shape index (κ2) is 4.29. The Morgan fingerprint density at radius 3 is 3.00 bits per heavy atom. The first kappa shape index (κ1) is 9.96. The van der Waals surface area contributed by atoms with Gasteiger partial charge in [0.25, 0.3) is 0 Å². The normalized spacial score (nSPS) is 18.1. The van der Waals surface area contributed by atoms with Crippen molar-refractivity contribution >= 4 is 11.3 Å². The molecular formula is C10H16N2OS. The first-order valence-electron chi connectivity index (χ1n) is 4.92. The van der Waals surface area contributed by atoms with Gasteiger partial charge in [0, 0.05) is 10.3 Å². The number of thiophene rings is 1. The summed E-state index contributed by atoms with van der Waals surface area (Å²) in [6, 6.07) is 2.37. The van der Waals surface area contributed by atoms with E-state index in [4.69, 9.17) is 10.6 Å². The predicted molar refractivity (Wildman–Crippen MR) is 58.3 cm³/mol. The minimum absolute atomic E-state index is 0.302. The molecule has 1 fully saturated rings. The molecule has 0 bridgehead atoms. The van der Waals surface area contributed by atoms with E-state index in [-0.39, 0.29) is 0 Å². The van der Waals surface area contributed by atoms with E-state index in [0.717, 1.165) is 18.1 Å². The SMILES string of the molecule is COc1csc(C(CC2CC2)NN)c1. The maximum atomic E-state index is 5.55. The summed E-state index contributed by atoms with van der Waals surface area (Å²) < 4.78 is 5.15. The molecule has 1 saturated carbocycles. The molecule has 14 heavy (non-hydrogen) atoms. The van der Waals surface area contributed by atoms with Crippen LogP contribution in [0.5, 0.6) is 5.75 Å². The highest BCUT2D eigenvalue weighted by atomic mass is 32.1. The van der Waals surface area contributed by atoms with Crippen molar-refractivity contribution in [2.24, 2.45) is 11.8 Å². The van der Waals surface area contributed by atoms with Crippen molar-refractivity contribution in [3.05, 3.63) is 16.3 Å². The van der Waals surface area contributed by atoms with Crippen LogP contribution in [-0.2, 0) is 0 Å². The van der Waals surface area contributed by atoms with Gasteiger partial charge < -0.3 is 4.74 Å². The smallest absolute Gasteiger partial charge is 0.129 e. The molecule has 4 heteroatoms. The Labute approximate surface area is 88.2 Å². The summed E-state index contributed by atoms with van der Waals surface area (Å²) >= 11 is 1.71. The molecule has 0 aliphatic heterocycles. The van der Waals surface area contributed by atoms with Gasteiger partial charge in [0.1, 0.15) is 5.75 Å². The third kappa shape index (κ3) is 2.26. The standard InChI is InChI=1S/C10H16N2OS/c1-13-8-5-10(14-6-8)9(12-11)4-7-2-3-7/h5-7,9,12H,2-4,11H2,1H3. The Bertz CT molecular complexity index is 296. The van der Waals surface area contributed by atoms with Gasteiger partial charge in [-0.15, -0.1) is 11.3 Å². The lowest BCUT2D eigenvalue weighted by molar-refractivity contribution is 0.415. The molecule has 0 spiro atoms. The fraction of sp³-hybridized carbons (Fsp3) is 0.600. The van der Waals surface area contributed by atoms with Crippen LogP contribution in [-0.4, -0.2) is 7.11 Å². The van der Waals surface area contributed by atoms with Gasteiger partial charge in [0.15, 0.2) is 0 Å². The summed E-state index contributed by atoms with van der Waals surface area (Å²) in [5.74, 6) is 7.36. The lowest BCUT2D eigenvalue weighted by atomic mass is 10.1. The highest BCUT2D eigenvalue weighted by Gasteiger charge is 2.26.